The molecular weight excluding hydrogens is 462 g/mol. The molecule has 2 aromatic carbocycles. The summed E-state index contributed by atoms with van der Waals surface area (Å²) in [6.45, 7) is -0.291. The zero-order valence-corrected chi connectivity index (χ0v) is 18.4. The van der Waals surface area contributed by atoms with Gasteiger partial charge in [-0.1, -0.05) is 53.7 Å². The van der Waals surface area contributed by atoms with Gasteiger partial charge in [-0.3, -0.25) is 14.5 Å². The van der Waals surface area contributed by atoms with Crippen molar-refractivity contribution in [1.29, 1.82) is 0 Å². The second-order valence-corrected chi connectivity index (χ2v) is 8.62. The lowest BCUT2D eigenvalue weighted by atomic mass is 10.0. The Bertz CT molecular complexity index is 1170. The number of fused-ring (bicyclic) bond motifs is 1. The van der Waals surface area contributed by atoms with Gasteiger partial charge in [-0.25, -0.2) is 9.59 Å². The molecule has 0 saturated carbocycles. The van der Waals surface area contributed by atoms with Gasteiger partial charge in [0.2, 0.25) is 0 Å². The third kappa shape index (κ3) is 4.42. The maximum absolute atomic E-state index is 12.8. The number of carboxylic acids is 1. The summed E-state index contributed by atoms with van der Waals surface area (Å²) in [6.07, 6.45) is 0. The molecule has 0 spiro atoms. The van der Waals surface area contributed by atoms with Crippen LogP contribution in [0, 0.1) is 4.91 Å². The smallest absolute Gasteiger partial charge is 0.352 e. The Labute approximate surface area is 197 Å². The lowest BCUT2D eigenvalue weighted by Gasteiger charge is -2.49. The molecule has 4 rings (SSSR count). The maximum Gasteiger partial charge on any atom is 0.352 e. The molecule has 2 amide bonds. The zero-order chi connectivity index (χ0) is 24.2. The topological polar surface area (TPSA) is 142 Å². The summed E-state index contributed by atoms with van der Waals surface area (Å²) in [5.41, 5.74) is 0.700. The van der Waals surface area contributed by atoms with Crippen molar-refractivity contribution in [3.8, 4) is 0 Å². The molecule has 174 valence electrons. The first-order valence-electron chi connectivity index (χ1n) is 10.2. The summed E-state index contributed by atoms with van der Waals surface area (Å²) < 4.78 is 5.25. The Morgan fingerprint density at radius 3 is 2.38 bits per heavy atom. The summed E-state index contributed by atoms with van der Waals surface area (Å²) in [5.74, 6) is -3.15. The summed E-state index contributed by atoms with van der Waals surface area (Å²) in [5, 5.41) is 14.5. The predicted octanol–water partition coefficient (Wildman–Crippen LogP) is 2.09. The average molecular weight is 481 g/mol. The van der Waals surface area contributed by atoms with Gasteiger partial charge in [0.25, 0.3) is 11.8 Å². The van der Waals surface area contributed by atoms with E-state index in [1.165, 1.54) is 11.8 Å². The van der Waals surface area contributed by atoms with E-state index in [9.17, 15) is 29.2 Å². The van der Waals surface area contributed by atoms with Crippen LogP contribution in [-0.4, -0.2) is 57.5 Å². The van der Waals surface area contributed by atoms with Gasteiger partial charge in [0.15, 0.2) is 6.04 Å². The van der Waals surface area contributed by atoms with Crippen molar-refractivity contribution in [3.63, 3.8) is 0 Å². The molecule has 11 heteroatoms. The van der Waals surface area contributed by atoms with E-state index in [0.717, 1.165) is 4.90 Å². The van der Waals surface area contributed by atoms with Gasteiger partial charge in [0.05, 0.1) is 5.56 Å². The number of carbonyl (C=O) groups excluding carboxylic acids is 3. The monoisotopic (exact) mass is 481 g/mol. The molecule has 2 aromatic rings. The number of hydrogen-bond donors (Lipinski definition) is 2. The molecule has 1 fully saturated rings. The molecular formula is C23H19N3O7S. The summed E-state index contributed by atoms with van der Waals surface area (Å²) in [6, 6.07) is 14.1. The van der Waals surface area contributed by atoms with Crippen molar-refractivity contribution in [2.75, 3.05) is 12.4 Å². The molecule has 1 saturated heterocycles. The number of carboxylic acid groups (broad SMARTS) is 1. The van der Waals surface area contributed by atoms with Gasteiger partial charge >= 0.3 is 11.9 Å². The number of rotatable bonds is 8. The minimum atomic E-state index is -1.34. The number of thioether (sulfide) groups is 1. The maximum atomic E-state index is 12.8. The number of nitrogens with one attached hydrogen (secondary N) is 1. The molecule has 2 N–H and O–H groups in total. The van der Waals surface area contributed by atoms with Crippen LogP contribution >= 0.6 is 11.8 Å². The first-order chi connectivity index (χ1) is 16.4. The van der Waals surface area contributed by atoms with E-state index in [1.807, 2.05) is 0 Å². The quantitative estimate of drug-likeness (QED) is 0.332. The number of hydrogen-bond acceptors (Lipinski definition) is 8. The van der Waals surface area contributed by atoms with E-state index in [4.69, 9.17) is 4.74 Å². The average Bonchev–Trinajstić information content (AvgIpc) is 2.86. The third-order valence-corrected chi connectivity index (χ3v) is 6.74. The van der Waals surface area contributed by atoms with Crippen LogP contribution in [0.3, 0.4) is 0 Å². The van der Waals surface area contributed by atoms with Crippen LogP contribution in [0.15, 0.2) is 77.1 Å². The number of β-lactam (4-membered cyclic amide) rings is 1. The highest BCUT2D eigenvalue weighted by atomic mass is 32.2. The Morgan fingerprint density at radius 2 is 1.76 bits per heavy atom. The van der Waals surface area contributed by atoms with Crippen LogP contribution < -0.4 is 5.32 Å². The number of amides is 2. The third-order valence-electron chi connectivity index (χ3n) is 5.40. The highest BCUT2D eigenvalue weighted by Crippen LogP contribution is 2.40. The van der Waals surface area contributed by atoms with E-state index < -0.39 is 41.2 Å². The number of nitroso groups, excluding NO2 is 1. The van der Waals surface area contributed by atoms with E-state index in [1.54, 1.807) is 60.7 Å². The van der Waals surface area contributed by atoms with Gasteiger partial charge < -0.3 is 15.2 Å². The molecule has 0 aliphatic carbocycles. The Hall–Kier alpha value is -3.99. The number of ether oxygens (including phenoxy) is 1. The first kappa shape index (κ1) is 23.2. The highest BCUT2D eigenvalue weighted by molar-refractivity contribution is 8.00. The fraction of sp³-hybridized carbons (Fsp3) is 0.217. The molecule has 0 aromatic heterocycles. The molecule has 1 unspecified atom stereocenters. The largest absolute Gasteiger partial charge is 0.477 e. The molecule has 10 nitrogen and oxygen atoms in total. The number of nitrogens with zero attached hydrogens (tertiary/aromatic N) is 2. The van der Waals surface area contributed by atoms with Crippen LogP contribution in [-0.2, 0) is 19.1 Å². The first-order valence-corrected chi connectivity index (χ1v) is 11.3. The molecule has 0 radical (unpaired) electrons. The molecule has 2 aliphatic heterocycles. The van der Waals surface area contributed by atoms with Crippen molar-refractivity contribution in [2.24, 2.45) is 5.18 Å². The fourth-order valence-electron chi connectivity index (χ4n) is 3.73. The number of carbonyl (C=O) groups is 4. The normalized spacial score (nSPS) is 20.0. The second kappa shape index (κ2) is 9.87. The van der Waals surface area contributed by atoms with E-state index in [2.05, 4.69) is 10.5 Å². The van der Waals surface area contributed by atoms with Crippen molar-refractivity contribution >= 4 is 35.5 Å². The van der Waals surface area contributed by atoms with Crippen molar-refractivity contribution < 1.29 is 29.0 Å². The van der Waals surface area contributed by atoms with Gasteiger partial charge in [-0.2, -0.15) is 0 Å². The minimum absolute atomic E-state index is 0.179. The minimum Gasteiger partial charge on any atom is -0.477 e. The van der Waals surface area contributed by atoms with Crippen molar-refractivity contribution in [1.82, 2.24) is 10.2 Å². The Kier molecular flexibility index (Phi) is 6.73. The number of esters is 1. The molecule has 0 bridgehead atoms. The lowest BCUT2D eigenvalue weighted by molar-refractivity contribution is -0.151. The lowest BCUT2D eigenvalue weighted by Crippen LogP contribution is -2.70. The number of benzene rings is 2. The molecule has 2 heterocycles. The van der Waals surface area contributed by atoms with E-state index in [0.29, 0.717) is 11.1 Å². The van der Waals surface area contributed by atoms with Gasteiger partial charge in [0, 0.05) is 11.3 Å². The van der Waals surface area contributed by atoms with Gasteiger partial charge in [-0.05, 0) is 17.7 Å². The summed E-state index contributed by atoms with van der Waals surface area (Å²) in [7, 11) is 0. The zero-order valence-electron chi connectivity index (χ0n) is 17.6. The van der Waals surface area contributed by atoms with E-state index >= 15 is 0 Å². The van der Waals surface area contributed by atoms with Crippen LogP contribution in [0.1, 0.15) is 22.0 Å². The van der Waals surface area contributed by atoms with Crippen molar-refractivity contribution in [2.45, 2.75) is 17.5 Å². The second-order valence-electron chi connectivity index (χ2n) is 7.51. The highest BCUT2D eigenvalue weighted by Gasteiger charge is 2.54. The number of aliphatic carboxylic acids is 1. The Morgan fingerprint density at radius 1 is 1.12 bits per heavy atom. The Balaban J connectivity index is 1.46. The van der Waals surface area contributed by atoms with E-state index in [-0.39, 0.29) is 23.6 Å². The fourth-order valence-corrected chi connectivity index (χ4v) is 5.06. The SMILES string of the molecule is O=NC(C(=O)N[C@@H]1C(=O)N2C(C(=O)O)=C(COC(=O)c3ccccc3)CS[C@@H]12)c1ccccc1. The summed E-state index contributed by atoms with van der Waals surface area (Å²) in [4.78, 5) is 61.9. The van der Waals surface area contributed by atoms with Crippen LogP contribution in [0.4, 0.5) is 0 Å². The predicted molar refractivity (Wildman–Crippen MR) is 121 cm³/mol. The van der Waals surface area contributed by atoms with Crippen molar-refractivity contribution in [3.05, 3.63) is 88.0 Å². The van der Waals surface area contributed by atoms with Gasteiger partial charge in [-0.15, -0.1) is 16.7 Å². The van der Waals surface area contributed by atoms with Crippen LogP contribution in [0.25, 0.3) is 0 Å². The molecule has 3 atom stereocenters. The molecule has 34 heavy (non-hydrogen) atoms. The molecule has 2 aliphatic rings. The van der Waals surface area contributed by atoms with Gasteiger partial charge in [0.1, 0.15) is 23.7 Å². The van der Waals surface area contributed by atoms with Crippen LogP contribution in [0.5, 0.6) is 0 Å². The van der Waals surface area contributed by atoms with Crippen LogP contribution in [0.2, 0.25) is 0 Å². The summed E-state index contributed by atoms with van der Waals surface area (Å²) >= 11 is 1.23. The standard InChI is InChI=1S/C23H19N3O7S/c27-19(16(25-32)13-7-3-1-4-8-13)24-17-20(28)26-18(22(29)30)15(12-34-21(17)26)11-33-23(31)14-9-5-2-6-10-14/h1-10,16-17,21H,11-12H2,(H,24,27)(H,29,30)/t16?,17-,21+/m1/s1.